The average molecular weight is 302 g/mol. The maximum atomic E-state index is 6.07. The molecule has 2 rings (SSSR count). The number of nitrogens with zero attached hydrogens (tertiary/aromatic N) is 1. The number of hydrogen-bond acceptors (Lipinski definition) is 1. The van der Waals surface area contributed by atoms with Gasteiger partial charge in [-0.1, -0.05) is 67.6 Å². The Kier molecular flexibility index (Phi) is 6.28. The maximum Gasteiger partial charge on any atom is 0.0604 e. The zero-order valence-electron chi connectivity index (χ0n) is 12.9. The second-order valence-corrected chi connectivity index (χ2v) is 5.79. The zero-order chi connectivity index (χ0) is 15.1. The molecule has 0 amide bonds. The van der Waals surface area contributed by atoms with E-state index in [1.165, 1.54) is 11.1 Å². The van der Waals surface area contributed by atoms with Gasteiger partial charge in [-0.15, -0.1) is 11.6 Å². The average Bonchev–Trinajstić information content (AvgIpc) is 2.55. The first-order valence-corrected chi connectivity index (χ1v) is 8.23. The Morgan fingerprint density at radius 1 is 0.905 bits per heavy atom. The van der Waals surface area contributed by atoms with Crippen LogP contribution in [0.5, 0.6) is 0 Å². The third-order valence-electron chi connectivity index (χ3n) is 4.06. The molecule has 1 unspecified atom stereocenters. The molecule has 0 aliphatic heterocycles. The van der Waals surface area contributed by atoms with Crippen molar-refractivity contribution in [3.05, 3.63) is 71.8 Å². The molecule has 2 aromatic rings. The summed E-state index contributed by atoms with van der Waals surface area (Å²) in [7, 11) is 0. The van der Waals surface area contributed by atoms with Crippen molar-refractivity contribution in [2.75, 3.05) is 12.4 Å². The Labute approximate surface area is 133 Å². The van der Waals surface area contributed by atoms with E-state index in [2.05, 4.69) is 79.4 Å². The van der Waals surface area contributed by atoms with Crippen LogP contribution in [-0.4, -0.2) is 23.4 Å². The Bertz CT molecular complexity index is 472. The van der Waals surface area contributed by atoms with Crippen LogP contribution in [0.15, 0.2) is 60.7 Å². The van der Waals surface area contributed by atoms with Crippen molar-refractivity contribution < 1.29 is 0 Å². The molecule has 0 fully saturated rings. The van der Waals surface area contributed by atoms with Crippen molar-refractivity contribution in [3.8, 4) is 0 Å². The fourth-order valence-electron chi connectivity index (χ4n) is 2.78. The summed E-state index contributed by atoms with van der Waals surface area (Å²) in [6, 6.07) is 22.2. The molecule has 21 heavy (non-hydrogen) atoms. The monoisotopic (exact) mass is 301 g/mol. The van der Waals surface area contributed by atoms with Gasteiger partial charge in [-0.3, -0.25) is 4.90 Å². The van der Waals surface area contributed by atoms with Crippen LogP contribution in [0.3, 0.4) is 0 Å². The number of halogens is 1. The van der Waals surface area contributed by atoms with Gasteiger partial charge >= 0.3 is 0 Å². The minimum absolute atomic E-state index is 0.265. The van der Waals surface area contributed by atoms with Crippen molar-refractivity contribution in [1.82, 2.24) is 4.90 Å². The molecule has 0 aromatic heterocycles. The lowest BCUT2D eigenvalue weighted by molar-refractivity contribution is 0.173. The Morgan fingerprint density at radius 2 is 1.38 bits per heavy atom. The molecule has 1 nitrogen and oxygen atoms in total. The van der Waals surface area contributed by atoms with Crippen LogP contribution in [0.1, 0.15) is 37.4 Å². The van der Waals surface area contributed by atoms with E-state index >= 15 is 0 Å². The lowest BCUT2D eigenvalue weighted by Gasteiger charge is -2.36. The molecule has 0 heterocycles. The van der Waals surface area contributed by atoms with Gasteiger partial charge in [-0.05, 0) is 24.5 Å². The molecule has 0 radical (unpaired) electrons. The van der Waals surface area contributed by atoms with Gasteiger partial charge in [-0.2, -0.15) is 0 Å². The predicted octanol–water partition coefficient (Wildman–Crippen LogP) is 5.12. The maximum absolute atomic E-state index is 6.07. The minimum atomic E-state index is 0.265. The number of benzene rings is 2. The Hall–Kier alpha value is -1.31. The molecular weight excluding hydrogens is 278 g/mol. The fraction of sp³-hybridized carbons (Fsp3) is 0.368. The normalized spacial score (nSPS) is 12.8. The Morgan fingerprint density at radius 3 is 1.76 bits per heavy atom. The molecule has 2 heteroatoms. The van der Waals surface area contributed by atoms with Crippen LogP contribution in [0.4, 0.5) is 0 Å². The number of hydrogen-bond donors (Lipinski definition) is 0. The molecular formula is C19H24ClN. The first-order chi connectivity index (χ1) is 10.3. The van der Waals surface area contributed by atoms with Gasteiger partial charge in [0.25, 0.3) is 0 Å². The van der Waals surface area contributed by atoms with Crippen LogP contribution in [0, 0.1) is 0 Å². The van der Waals surface area contributed by atoms with Crippen molar-refractivity contribution in [1.29, 1.82) is 0 Å². The van der Waals surface area contributed by atoms with Gasteiger partial charge in [0, 0.05) is 18.5 Å². The largest absolute Gasteiger partial charge is 0.288 e. The molecule has 0 saturated heterocycles. The zero-order valence-corrected chi connectivity index (χ0v) is 13.6. The summed E-state index contributed by atoms with van der Waals surface area (Å²) in [5.74, 6) is 0.653. The van der Waals surface area contributed by atoms with E-state index in [4.69, 9.17) is 11.6 Å². The summed E-state index contributed by atoms with van der Waals surface area (Å²) in [6.45, 7) is 5.41. The number of rotatable bonds is 7. The molecule has 0 saturated carbocycles. The van der Waals surface area contributed by atoms with E-state index in [0.29, 0.717) is 11.9 Å². The van der Waals surface area contributed by atoms with Gasteiger partial charge in [-0.25, -0.2) is 0 Å². The first-order valence-electron chi connectivity index (χ1n) is 7.69. The van der Waals surface area contributed by atoms with E-state index in [1.54, 1.807) is 0 Å². The summed E-state index contributed by atoms with van der Waals surface area (Å²) >= 11 is 6.07. The second-order valence-electron chi connectivity index (χ2n) is 5.41. The quantitative estimate of drug-likeness (QED) is 0.642. The molecule has 1 atom stereocenters. The topological polar surface area (TPSA) is 3.24 Å². The van der Waals surface area contributed by atoms with E-state index < -0.39 is 0 Å². The second kappa shape index (κ2) is 8.21. The molecule has 0 aliphatic rings. The standard InChI is InChI=1S/C19H24ClN/c1-3-16(2)21(15-14-20)19(17-10-6-4-7-11-17)18-12-8-5-9-13-18/h4-13,16,19H,3,14-15H2,1-2H3. The van der Waals surface area contributed by atoms with Crippen LogP contribution >= 0.6 is 11.6 Å². The molecule has 0 N–H and O–H groups in total. The third-order valence-corrected chi connectivity index (χ3v) is 4.23. The number of alkyl halides is 1. The summed E-state index contributed by atoms with van der Waals surface area (Å²) in [4.78, 5) is 2.51. The van der Waals surface area contributed by atoms with E-state index in [-0.39, 0.29) is 6.04 Å². The van der Waals surface area contributed by atoms with Crippen molar-refractivity contribution >= 4 is 11.6 Å². The highest BCUT2D eigenvalue weighted by molar-refractivity contribution is 6.18. The molecule has 0 aliphatic carbocycles. The van der Waals surface area contributed by atoms with Gasteiger partial charge in [0.1, 0.15) is 0 Å². The highest BCUT2D eigenvalue weighted by Gasteiger charge is 2.25. The predicted molar refractivity (Wildman–Crippen MR) is 91.9 cm³/mol. The van der Waals surface area contributed by atoms with Gasteiger partial charge in [0.2, 0.25) is 0 Å². The minimum Gasteiger partial charge on any atom is -0.288 e. The first kappa shape index (κ1) is 16.1. The van der Waals surface area contributed by atoms with Crippen LogP contribution in [0.2, 0.25) is 0 Å². The van der Waals surface area contributed by atoms with Crippen molar-refractivity contribution in [2.24, 2.45) is 0 Å². The van der Waals surface area contributed by atoms with Gasteiger partial charge in [0.05, 0.1) is 6.04 Å². The highest BCUT2D eigenvalue weighted by Crippen LogP contribution is 2.30. The molecule has 112 valence electrons. The van der Waals surface area contributed by atoms with E-state index in [0.717, 1.165) is 13.0 Å². The van der Waals surface area contributed by atoms with Crippen molar-refractivity contribution in [3.63, 3.8) is 0 Å². The summed E-state index contributed by atoms with van der Waals surface area (Å²) < 4.78 is 0. The van der Waals surface area contributed by atoms with Crippen LogP contribution < -0.4 is 0 Å². The molecule has 0 bridgehead atoms. The van der Waals surface area contributed by atoms with E-state index in [9.17, 15) is 0 Å². The molecule has 0 spiro atoms. The fourth-order valence-corrected chi connectivity index (χ4v) is 2.98. The summed E-state index contributed by atoms with van der Waals surface area (Å²) in [5.41, 5.74) is 2.66. The van der Waals surface area contributed by atoms with Crippen molar-refractivity contribution in [2.45, 2.75) is 32.4 Å². The third kappa shape index (κ3) is 4.09. The SMILES string of the molecule is CCC(C)N(CCCl)C(c1ccccc1)c1ccccc1. The molecule has 2 aromatic carbocycles. The lowest BCUT2D eigenvalue weighted by Crippen LogP contribution is -2.38. The summed E-state index contributed by atoms with van der Waals surface area (Å²) in [5, 5.41) is 0. The lowest BCUT2D eigenvalue weighted by atomic mass is 9.95. The van der Waals surface area contributed by atoms with Gasteiger partial charge in [0.15, 0.2) is 0 Å². The van der Waals surface area contributed by atoms with Gasteiger partial charge < -0.3 is 0 Å². The van der Waals surface area contributed by atoms with E-state index in [1.807, 2.05) is 0 Å². The summed E-state index contributed by atoms with van der Waals surface area (Å²) in [6.07, 6.45) is 1.12. The smallest absolute Gasteiger partial charge is 0.0604 e. The van der Waals surface area contributed by atoms with Crippen LogP contribution in [0.25, 0.3) is 0 Å². The highest BCUT2D eigenvalue weighted by atomic mass is 35.5. The van der Waals surface area contributed by atoms with Crippen LogP contribution in [-0.2, 0) is 0 Å². The Balaban J connectivity index is 2.44.